The summed E-state index contributed by atoms with van der Waals surface area (Å²) in [4.78, 5) is 25.9. The Morgan fingerprint density at radius 1 is 1.24 bits per heavy atom. The molecule has 4 heterocycles. The number of carbonyl (C=O) groups is 1. The lowest BCUT2D eigenvalue weighted by atomic mass is 10.0. The summed E-state index contributed by atoms with van der Waals surface area (Å²) in [5.74, 6) is 0.635. The molecule has 1 amide bonds. The number of anilines is 2. The Labute approximate surface area is 190 Å². The molecule has 0 aliphatic carbocycles. The highest BCUT2D eigenvalue weighted by Gasteiger charge is 2.28. The number of H-pyrrole nitrogens is 1. The van der Waals surface area contributed by atoms with E-state index in [-0.39, 0.29) is 18.1 Å². The van der Waals surface area contributed by atoms with Crippen LogP contribution >= 0.6 is 0 Å². The van der Waals surface area contributed by atoms with Crippen molar-refractivity contribution in [3.63, 3.8) is 0 Å². The Morgan fingerprint density at radius 3 is 2.73 bits per heavy atom. The number of rotatable bonds is 2. The first-order chi connectivity index (χ1) is 15.7. The summed E-state index contributed by atoms with van der Waals surface area (Å²) in [5, 5.41) is 6.36. The molecule has 172 valence electrons. The van der Waals surface area contributed by atoms with Crippen molar-refractivity contribution in [1.29, 1.82) is 0 Å². The van der Waals surface area contributed by atoms with Gasteiger partial charge in [-0.3, -0.25) is 9.67 Å². The molecule has 1 aromatic carbocycles. The van der Waals surface area contributed by atoms with E-state index in [4.69, 9.17) is 16.2 Å². The molecule has 4 aromatic rings. The number of piperidine rings is 1. The van der Waals surface area contributed by atoms with Crippen LogP contribution in [-0.4, -0.2) is 54.4 Å². The molecule has 1 aliphatic rings. The van der Waals surface area contributed by atoms with Gasteiger partial charge in [0.15, 0.2) is 5.95 Å². The number of nitrogens with two attached hydrogens (primary N) is 2. The molecule has 0 radical (unpaired) electrons. The number of hydrogen-bond donors (Lipinski definition) is 3. The highest BCUT2D eigenvalue weighted by Crippen LogP contribution is 2.36. The summed E-state index contributed by atoms with van der Waals surface area (Å²) in [7, 11) is 0. The largest absolute Gasteiger partial charge is 0.444 e. The molecule has 1 fully saturated rings. The SMILES string of the molecule is CC(C)(C)OC(=O)N1CCC(n2cc(-c3cc4[nH]c(N)nc(N)c4c4ccnc34)cn2)CC1. The first kappa shape index (κ1) is 21.0. The van der Waals surface area contributed by atoms with Crippen LogP contribution in [0.5, 0.6) is 0 Å². The zero-order chi connectivity index (χ0) is 23.3. The first-order valence-electron chi connectivity index (χ1n) is 11.0. The van der Waals surface area contributed by atoms with Crippen molar-refractivity contribution < 1.29 is 9.53 Å². The van der Waals surface area contributed by atoms with Crippen LogP contribution in [0.3, 0.4) is 0 Å². The Hall–Kier alpha value is -3.82. The smallest absolute Gasteiger partial charge is 0.410 e. The van der Waals surface area contributed by atoms with Gasteiger partial charge in [-0.25, -0.2) is 4.79 Å². The highest BCUT2D eigenvalue weighted by atomic mass is 16.6. The fourth-order valence-corrected chi connectivity index (χ4v) is 4.44. The number of amides is 1. The lowest BCUT2D eigenvalue weighted by molar-refractivity contribution is 0.0185. The van der Waals surface area contributed by atoms with E-state index in [1.807, 2.05) is 50.0 Å². The Bertz CT molecular complexity index is 1340. The van der Waals surface area contributed by atoms with Gasteiger partial charge in [-0.05, 0) is 45.7 Å². The zero-order valence-corrected chi connectivity index (χ0v) is 19.0. The van der Waals surface area contributed by atoms with Crippen LogP contribution in [0.25, 0.3) is 32.9 Å². The summed E-state index contributed by atoms with van der Waals surface area (Å²) in [6.07, 6.45) is 7.02. The van der Waals surface area contributed by atoms with Gasteiger partial charge in [0.1, 0.15) is 11.4 Å². The molecule has 3 aromatic heterocycles. The fourth-order valence-electron chi connectivity index (χ4n) is 4.44. The second-order valence-corrected chi connectivity index (χ2v) is 9.47. The molecule has 10 heteroatoms. The number of fused-ring (bicyclic) bond motifs is 3. The molecule has 0 spiro atoms. The molecular formula is C23H28N8O2. The second-order valence-electron chi connectivity index (χ2n) is 9.47. The monoisotopic (exact) mass is 448 g/mol. The molecule has 33 heavy (non-hydrogen) atoms. The van der Waals surface area contributed by atoms with E-state index in [0.29, 0.717) is 18.9 Å². The molecule has 0 bridgehead atoms. The van der Waals surface area contributed by atoms with E-state index in [2.05, 4.69) is 20.1 Å². The number of nitrogens with zero attached hydrogens (tertiary/aromatic N) is 5. The van der Waals surface area contributed by atoms with Gasteiger partial charge in [-0.2, -0.15) is 10.1 Å². The Morgan fingerprint density at radius 2 is 2.00 bits per heavy atom. The number of nitrogens with one attached hydrogen (secondary N) is 1. The number of carbonyl (C=O) groups excluding carboxylic acids is 1. The normalized spacial score (nSPS) is 15.4. The van der Waals surface area contributed by atoms with Crippen molar-refractivity contribution in [1.82, 2.24) is 29.6 Å². The topological polar surface area (TPSA) is 141 Å². The van der Waals surface area contributed by atoms with Gasteiger partial charge in [0.2, 0.25) is 0 Å². The molecule has 1 aliphatic heterocycles. The number of ether oxygens (including phenoxy) is 1. The van der Waals surface area contributed by atoms with Gasteiger partial charge in [-0.1, -0.05) is 0 Å². The van der Waals surface area contributed by atoms with Crippen molar-refractivity contribution in [3.05, 3.63) is 30.7 Å². The van der Waals surface area contributed by atoms with Crippen molar-refractivity contribution in [2.24, 2.45) is 0 Å². The van der Waals surface area contributed by atoms with E-state index in [9.17, 15) is 4.79 Å². The van der Waals surface area contributed by atoms with Crippen LogP contribution in [0.2, 0.25) is 0 Å². The second kappa shape index (κ2) is 7.65. The van der Waals surface area contributed by atoms with E-state index in [0.717, 1.165) is 45.8 Å². The quantitative estimate of drug-likeness (QED) is 0.424. The molecule has 0 unspecified atom stereocenters. The van der Waals surface area contributed by atoms with Crippen LogP contribution in [0.4, 0.5) is 16.6 Å². The molecule has 1 saturated heterocycles. The van der Waals surface area contributed by atoms with Gasteiger partial charge >= 0.3 is 6.09 Å². The van der Waals surface area contributed by atoms with Crippen molar-refractivity contribution in [3.8, 4) is 11.1 Å². The minimum Gasteiger partial charge on any atom is -0.444 e. The van der Waals surface area contributed by atoms with Gasteiger partial charge < -0.3 is 26.1 Å². The van der Waals surface area contributed by atoms with E-state index >= 15 is 0 Å². The first-order valence-corrected chi connectivity index (χ1v) is 11.0. The van der Waals surface area contributed by atoms with Crippen LogP contribution in [-0.2, 0) is 4.74 Å². The molecule has 5 N–H and O–H groups in total. The van der Waals surface area contributed by atoms with Crippen LogP contribution in [0.1, 0.15) is 39.7 Å². The van der Waals surface area contributed by atoms with E-state index in [1.165, 1.54) is 0 Å². The minimum absolute atomic E-state index is 0.211. The van der Waals surface area contributed by atoms with Crippen LogP contribution in [0.15, 0.2) is 30.7 Å². The number of aromatic amines is 1. The number of likely N-dealkylation sites (tertiary alicyclic amines) is 1. The zero-order valence-electron chi connectivity index (χ0n) is 19.0. The Kier molecular flexibility index (Phi) is 4.88. The van der Waals surface area contributed by atoms with Gasteiger partial charge in [0, 0.05) is 47.4 Å². The van der Waals surface area contributed by atoms with Crippen molar-refractivity contribution >= 4 is 39.7 Å². The maximum Gasteiger partial charge on any atom is 0.410 e. The third-order valence-corrected chi connectivity index (χ3v) is 5.95. The predicted molar refractivity (Wildman–Crippen MR) is 128 cm³/mol. The van der Waals surface area contributed by atoms with Crippen molar-refractivity contribution in [2.45, 2.75) is 45.3 Å². The molecule has 0 saturated carbocycles. The van der Waals surface area contributed by atoms with Crippen LogP contribution < -0.4 is 11.5 Å². The van der Waals surface area contributed by atoms with E-state index < -0.39 is 5.60 Å². The van der Waals surface area contributed by atoms with Gasteiger partial charge in [0.25, 0.3) is 0 Å². The number of hydrogen-bond acceptors (Lipinski definition) is 7. The standard InChI is InChI=1S/C23H28N8O2/c1-23(2,3)33-22(32)30-8-5-14(6-9-30)31-12-13(11-27-31)16-10-17-18(15-4-7-26-19(15)16)20(24)29-21(25)28-17/h4,7,10-12,14H,5-6,8-9,24H2,1-3H3,(H3,25,28,29). The highest BCUT2D eigenvalue weighted by molar-refractivity contribution is 6.15. The molecular weight excluding hydrogens is 420 g/mol. The van der Waals surface area contributed by atoms with Crippen molar-refractivity contribution in [2.75, 3.05) is 24.6 Å². The third-order valence-electron chi connectivity index (χ3n) is 5.95. The number of nitrogen functional groups attached to an aromatic ring is 2. The lowest BCUT2D eigenvalue weighted by Crippen LogP contribution is -2.42. The summed E-state index contributed by atoms with van der Waals surface area (Å²) in [5.41, 5.74) is 15.1. The summed E-state index contributed by atoms with van der Waals surface area (Å²) in [6, 6.07) is 4.13. The molecule has 0 atom stereocenters. The Balaban J connectivity index is 1.40. The van der Waals surface area contributed by atoms with Crippen LogP contribution in [0, 0.1) is 0 Å². The fraction of sp³-hybridized carbons (Fsp3) is 0.391. The average Bonchev–Trinajstić information content (AvgIpc) is 3.41. The molecule has 5 rings (SSSR count). The summed E-state index contributed by atoms with van der Waals surface area (Å²) in [6.45, 7) is 6.92. The lowest BCUT2D eigenvalue weighted by Gasteiger charge is -2.33. The summed E-state index contributed by atoms with van der Waals surface area (Å²) < 4.78 is 7.48. The van der Waals surface area contributed by atoms with E-state index in [1.54, 1.807) is 11.1 Å². The maximum atomic E-state index is 12.3. The maximum absolute atomic E-state index is 12.3. The average molecular weight is 449 g/mol. The predicted octanol–water partition coefficient (Wildman–Crippen LogP) is 3.71. The number of aromatic nitrogens is 5. The third kappa shape index (κ3) is 3.92. The molecule has 10 nitrogen and oxygen atoms in total. The van der Waals surface area contributed by atoms with Gasteiger partial charge in [-0.15, -0.1) is 0 Å². The van der Waals surface area contributed by atoms with Gasteiger partial charge in [0.05, 0.1) is 23.3 Å². The number of benzene rings is 1. The summed E-state index contributed by atoms with van der Waals surface area (Å²) >= 11 is 0. The minimum atomic E-state index is -0.492.